The van der Waals surface area contributed by atoms with Gasteiger partial charge >= 0.3 is 0 Å². The van der Waals surface area contributed by atoms with Crippen molar-refractivity contribution in [3.05, 3.63) is 6.33 Å². The summed E-state index contributed by atoms with van der Waals surface area (Å²) < 4.78 is 5.56. The summed E-state index contributed by atoms with van der Waals surface area (Å²) >= 11 is 0. The second-order valence-electron chi connectivity index (χ2n) is 5.49. The second kappa shape index (κ2) is 5.23. The van der Waals surface area contributed by atoms with Gasteiger partial charge in [0.1, 0.15) is 6.33 Å². The summed E-state index contributed by atoms with van der Waals surface area (Å²) in [6.45, 7) is 4.16. The fourth-order valence-electron chi connectivity index (χ4n) is 3.31. The number of hydrogen-bond acceptors (Lipinski definition) is 5. The summed E-state index contributed by atoms with van der Waals surface area (Å²) in [5.41, 5.74) is 0. The fraction of sp³-hybridized carbons (Fsp3) is 0.714. The Balaban J connectivity index is 1.88. The zero-order valence-corrected chi connectivity index (χ0v) is 11.7. The molecule has 2 atom stereocenters. The molecule has 2 heterocycles. The molecule has 1 aromatic rings. The van der Waals surface area contributed by atoms with Gasteiger partial charge in [-0.25, -0.2) is 9.97 Å². The van der Waals surface area contributed by atoms with E-state index in [2.05, 4.69) is 27.1 Å². The average molecular weight is 262 g/mol. The van der Waals surface area contributed by atoms with Gasteiger partial charge in [-0.15, -0.1) is 0 Å². The van der Waals surface area contributed by atoms with Crippen LogP contribution in [0.2, 0.25) is 0 Å². The molecule has 19 heavy (non-hydrogen) atoms. The smallest absolute Gasteiger partial charge is 0.204 e. The molecular formula is C14H22N4O. The Labute approximate surface area is 114 Å². The van der Waals surface area contributed by atoms with Crippen LogP contribution in [0.5, 0.6) is 5.75 Å². The number of methoxy groups -OCH3 is 1. The number of fused-ring (bicyclic) bond motifs is 2. The molecule has 5 heteroatoms. The molecule has 0 aromatic carbocycles. The zero-order chi connectivity index (χ0) is 13.2. The van der Waals surface area contributed by atoms with Crippen LogP contribution in [-0.4, -0.2) is 36.2 Å². The van der Waals surface area contributed by atoms with Gasteiger partial charge in [0.15, 0.2) is 11.6 Å². The molecule has 0 radical (unpaired) electrons. The molecule has 2 unspecified atom stereocenters. The topological polar surface area (TPSA) is 50.3 Å². The quantitative estimate of drug-likeness (QED) is 0.882. The number of rotatable bonds is 5. The van der Waals surface area contributed by atoms with E-state index >= 15 is 0 Å². The van der Waals surface area contributed by atoms with Crippen molar-refractivity contribution < 1.29 is 4.74 Å². The molecule has 0 amide bonds. The van der Waals surface area contributed by atoms with Crippen LogP contribution < -0.4 is 15.0 Å². The Morgan fingerprint density at radius 3 is 2.95 bits per heavy atom. The van der Waals surface area contributed by atoms with E-state index in [1.807, 2.05) is 0 Å². The van der Waals surface area contributed by atoms with Crippen molar-refractivity contribution in [2.45, 2.75) is 38.6 Å². The number of anilines is 2. The van der Waals surface area contributed by atoms with E-state index < -0.39 is 0 Å². The number of piperidine rings is 1. The lowest BCUT2D eigenvalue weighted by Gasteiger charge is -2.29. The minimum atomic E-state index is 0.646. The first-order chi connectivity index (χ1) is 9.33. The molecule has 1 aromatic heterocycles. The van der Waals surface area contributed by atoms with Gasteiger partial charge in [-0.2, -0.15) is 0 Å². The Morgan fingerprint density at radius 2 is 2.32 bits per heavy atom. The van der Waals surface area contributed by atoms with Gasteiger partial charge in [0.2, 0.25) is 5.75 Å². The molecule has 0 spiro atoms. The van der Waals surface area contributed by atoms with E-state index in [1.54, 1.807) is 13.4 Å². The third-order valence-corrected chi connectivity index (χ3v) is 4.21. The average Bonchev–Trinajstić information content (AvgIpc) is 3.07. The van der Waals surface area contributed by atoms with Crippen LogP contribution in [0.4, 0.5) is 11.6 Å². The highest BCUT2D eigenvalue weighted by atomic mass is 16.5. The zero-order valence-electron chi connectivity index (χ0n) is 11.7. The Morgan fingerprint density at radius 1 is 1.42 bits per heavy atom. The van der Waals surface area contributed by atoms with Crippen LogP contribution in [0.1, 0.15) is 32.6 Å². The molecule has 2 fully saturated rings. The van der Waals surface area contributed by atoms with E-state index in [1.165, 1.54) is 19.3 Å². The SMILES string of the molecule is CCCNc1ncnc(N2CC3CCC2C3)c1OC. The Kier molecular flexibility index (Phi) is 3.44. The normalized spacial score (nSPS) is 24.8. The van der Waals surface area contributed by atoms with Gasteiger partial charge in [0.25, 0.3) is 0 Å². The highest BCUT2D eigenvalue weighted by Gasteiger charge is 2.39. The second-order valence-corrected chi connectivity index (χ2v) is 5.49. The highest BCUT2D eigenvalue weighted by Crippen LogP contribution is 2.43. The minimum Gasteiger partial charge on any atom is -0.490 e. The lowest BCUT2D eigenvalue weighted by molar-refractivity contribution is 0.409. The van der Waals surface area contributed by atoms with E-state index in [-0.39, 0.29) is 0 Å². The van der Waals surface area contributed by atoms with Crippen molar-refractivity contribution in [1.82, 2.24) is 9.97 Å². The number of nitrogens with one attached hydrogen (secondary N) is 1. The van der Waals surface area contributed by atoms with Crippen molar-refractivity contribution in [2.75, 3.05) is 30.4 Å². The monoisotopic (exact) mass is 262 g/mol. The maximum Gasteiger partial charge on any atom is 0.204 e. The van der Waals surface area contributed by atoms with Crippen LogP contribution in [0.15, 0.2) is 6.33 Å². The first kappa shape index (κ1) is 12.5. The molecule has 1 aliphatic carbocycles. The van der Waals surface area contributed by atoms with Gasteiger partial charge in [0, 0.05) is 19.1 Å². The lowest BCUT2D eigenvalue weighted by atomic mass is 10.1. The predicted molar refractivity (Wildman–Crippen MR) is 75.8 cm³/mol. The van der Waals surface area contributed by atoms with E-state index in [0.717, 1.165) is 42.8 Å². The van der Waals surface area contributed by atoms with Gasteiger partial charge in [0.05, 0.1) is 7.11 Å². The van der Waals surface area contributed by atoms with Crippen LogP contribution in [0.3, 0.4) is 0 Å². The molecule has 1 N–H and O–H groups in total. The molecular weight excluding hydrogens is 240 g/mol. The molecule has 3 rings (SSSR count). The summed E-state index contributed by atoms with van der Waals surface area (Å²) in [5, 5.41) is 3.32. The van der Waals surface area contributed by atoms with Crippen molar-refractivity contribution in [3.63, 3.8) is 0 Å². The molecule has 2 bridgehead atoms. The molecule has 104 valence electrons. The number of nitrogens with zero attached hydrogens (tertiary/aromatic N) is 3. The molecule has 1 saturated heterocycles. The molecule has 1 saturated carbocycles. The molecule has 2 aliphatic rings. The summed E-state index contributed by atoms with van der Waals surface area (Å²) in [6.07, 6.45) is 6.68. The highest BCUT2D eigenvalue weighted by molar-refractivity contribution is 5.65. The molecule has 5 nitrogen and oxygen atoms in total. The summed E-state index contributed by atoms with van der Waals surface area (Å²) in [4.78, 5) is 11.2. The largest absolute Gasteiger partial charge is 0.490 e. The van der Waals surface area contributed by atoms with Crippen LogP contribution >= 0.6 is 0 Å². The third-order valence-electron chi connectivity index (χ3n) is 4.21. The van der Waals surface area contributed by atoms with Crippen LogP contribution in [0, 0.1) is 5.92 Å². The van der Waals surface area contributed by atoms with Gasteiger partial charge in [-0.1, -0.05) is 6.92 Å². The molecule has 1 aliphatic heterocycles. The van der Waals surface area contributed by atoms with Crippen molar-refractivity contribution >= 4 is 11.6 Å². The number of aromatic nitrogens is 2. The number of hydrogen-bond donors (Lipinski definition) is 1. The maximum atomic E-state index is 5.56. The maximum absolute atomic E-state index is 5.56. The summed E-state index contributed by atoms with van der Waals surface area (Å²) in [7, 11) is 1.70. The fourth-order valence-corrected chi connectivity index (χ4v) is 3.31. The summed E-state index contributed by atoms with van der Waals surface area (Å²) in [5.74, 6) is 3.42. The van der Waals surface area contributed by atoms with Gasteiger partial charge < -0.3 is 15.0 Å². The van der Waals surface area contributed by atoms with Crippen molar-refractivity contribution in [1.29, 1.82) is 0 Å². The summed E-state index contributed by atoms with van der Waals surface area (Å²) in [6, 6.07) is 0.646. The van der Waals surface area contributed by atoms with Crippen molar-refractivity contribution in [3.8, 4) is 5.75 Å². The first-order valence-corrected chi connectivity index (χ1v) is 7.23. The van der Waals surface area contributed by atoms with Crippen molar-refractivity contribution in [2.24, 2.45) is 5.92 Å². The number of ether oxygens (including phenoxy) is 1. The van der Waals surface area contributed by atoms with E-state index in [4.69, 9.17) is 4.74 Å². The van der Waals surface area contributed by atoms with E-state index in [0.29, 0.717) is 6.04 Å². The Bertz CT molecular complexity index is 451. The minimum absolute atomic E-state index is 0.646. The van der Waals surface area contributed by atoms with E-state index in [9.17, 15) is 0 Å². The lowest BCUT2D eigenvalue weighted by Crippen LogP contribution is -2.33. The Hall–Kier alpha value is -1.52. The third kappa shape index (κ3) is 2.22. The first-order valence-electron chi connectivity index (χ1n) is 7.23. The van der Waals surface area contributed by atoms with Gasteiger partial charge in [-0.3, -0.25) is 0 Å². The predicted octanol–water partition coefficient (Wildman–Crippen LogP) is 2.30. The van der Waals surface area contributed by atoms with Crippen LogP contribution in [0.25, 0.3) is 0 Å². The van der Waals surface area contributed by atoms with Gasteiger partial charge in [-0.05, 0) is 31.6 Å². The standard InChI is InChI=1S/C14H22N4O/c1-3-6-15-13-12(19-2)14(17-9-16-13)18-8-10-4-5-11(18)7-10/h9-11H,3-8H2,1-2H3,(H,15,16,17). The van der Waals surface area contributed by atoms with Crippen LogP contribution in [-0.2, 0) is 0 Å².